The Hall–Kier alpha value is -3.53. The van der Waals surface area contributed by atoms with Crippen LogP contribution < -0.4 is 0 Å². The van der Waals surface area contributed by atoms with Crippen molar-refractivity contribution in [3.63, 3.8) is 0 Å². The highest BCUT2D eigenvalue weighted by molar-refractivity contribution is 5.97. The molecule has 0 bridgehead atoms. The van der Waals surface area contributed by atoms with Crippen LogP contribution in [0.4, 0.5) is 4.39 Å². The van der Waals surface area contributed by atoms with Gasteiger partial charge in [0.15, 0.2) is 0 Å². The summed E-state index contributed by atoms with van der Waals surface area (Å²) >= 11 is 0. The van der Waals surface area contributed by atoms with E-state index in [2.05, 4.69) is 39.4 Å². The summed E-state index contributed by atoms with van der Waals surface area (Å²) in [6.45, 7) is 5.48. The van der Waals surface area contributed by atoms with Crippen molar-refractivity contribution in [2.75, 3.05) is 26.3 Å². The number of nitriles is 1. The number of morpholine rings is 1. The lowest BCUT2D eigenvalue weighted by Crippen LogP contribution is -2.43. The number of benzene rings is 3. The molecule has 34 heavy (non-hydrogen) atoms. The Morgan fingerprint density at radius 3 is 2.71 bits per heavy atom. The first-order chi connectivity index (χ1) is 16.6. The molecule has 1 aromatic heterocycles. The average molecular weight is 453 g/mol. The second-order valence-corrected chi connectivity index (χ2v) is 9.25. The molecule has 0 saturated carbocycles. The van der Waals surface area contributed by atoms with Crippen LogP contribution in [0.3, 0.4) is 0 Å². The van der Waals surface area contributed by atoms with Crippen LogP contribution >= 0.6 is 0 Å². The maximum absolute atomic E-state index is 14.8. The van der Waals surface area contributed by atoms with Crippen LogP contribution in [-0.4, -0.2) is 47.4 Å². The van der Waals surface area contributed by atoms with Crippen LogP contribution in [0, 0.1) is 24.1 Å². The molecule has 1 atom stereocenters. The van der Waals surface area contributed by atoms with Gasteiger partial charge in [-0.15, -0.1) is 0 Å². The zero-order valence-electron chi connectivity index (χ0n) is 19.1. The Morgan fingerprint density at radius 1 is 1.09 bits per heavy atom. The number of nitrogens with zero attached hydrogens (tertiary/aromatic N) is 3. The molecular formula is C28H25FN4O. The van der Waals surface area contributed by atoms with E-state index >= 15 is 0 Å². The first kappa shape index (κ1) is 21.0. The number of hydrogen-bond acceptors (Lipinski definition) is 4. The van der Waals surface area contributed by atoms with Crippen LogP contribution in [0.25, 0.3) is 33.3 Å². The zero-order valence-corrected chi connectivity index (χ0v) is 19.1. The molecule has 4 aromatic rings. The van der Waals surface area contributed by atoms with Crippen LogP contribution in [-0.2, 0) is 17.6 Å². The van der Waals surface area contributed by atoms with Crippen molar-refractivity contribution in [1.82, 2.24) is 15.1 Å². The number of aromatic amines is 1. The summed E-state index contributed by atoms with van der Waals surface area (Å²) in [5, 5.41) is 18.3. The van der Waals surface area contributed by atoms with Crippen molar-refractivity contribution in [2.45, 2.75) is 25.8 Å². The van der Waals surface area contributed by atoms with E-state index in [4.69, 9.17) is 4.74 Å². The third-order valence-electron chi connectivity index (χ3n) is 7.27. The fourth-order valence-corrected chi connectivity index (χ4v) is 5.50. The van der Waals surface area contributed by atoms with E-state index in [0.717, 1.165) is 66.9 Å². The van der Waals surface area contributed by atoms with Crippen molar-refractivity contribution in [1.29, 1.82) is 5.26 Å². The van der Waals surface area contributed by atoms with Crippen LogP contribution in [0.5, 0.6) is 0 Å². The molecule has 2 heterocycles. The second-order valence-electron chi connectivity index (χ2n) is 9.25. The minimum Gasteiger partial charge on any atom is -0.379 e. The van der Waals surface area contributed by atoms with Crippen LogP contribution in [0.2, 0.25) is 0 Å². The van der Waals surface area contributed by atoms with Gasteiger partial charge in [-0.2, -0.15) is 10.4 Å². The molecule has 0 spiro atoms. The third kappa shape index (κ3) is 3.49. The summed E-state index contributed by atoms with van der Waals surface area (Å²) in [4.78, 5) is 2.54. The summed E-state index contributed by atoms with van der Waals surface area (Å²) in [7, 11) is 0. The number of rotatable bonds is 3. The van der Waals surface area contributed by atoms with Crippen molar-refractivity contribution in [3.8, 4) is 28.5 Å². The first-order valence-electron chi connectivity index (χ1n) is 11.7. The van der Waals surface area contributed by atoms with Gasteiger partial charge in [0.05, 0.1) is 36.1 Å². The van der Waals surface area contributed by atoms with E-state index in [1.165, 1.54) is 17.2 Å². The summed E-state index contributed by atoms with van der Waals surface area (Å²) < 4.78 is 20.3. The van der Waals surface area contributed by atoms with Gasteiger partial charge in [0, 0.05) is 41.2 Å². The quantitative estimate of drug-likeness (QED) is 0.474. The molecule has 170 valence electrons. The van der Waals surface area contributed by atoms with Crippen molar-refractivity contribution >= 4 is 10.9 Å². The number of H-pyrrole nitrogens is 1. The van der Waals surface area contributed by atoms with Crippen LogP contribution in [0.1, 0.15) is 22.3 Å². The molecule has 5 nitrogen and oxygen atoms in total. The molecule has 3 aromatic carbocycles. The molecule has 1 unspecified atom stereocenters. The van der Waals surface area contributed by atoms with Gasteiger partial charge in [0.1, 0.15) is 5.82 Å². The topological polar surface area (TPSA) is 64.9 Å². The zero-order chi connectivity index (χ0) is 23.2. The first-order valence-corrected chi connectivity index (χ1v) is 11.7. The lowest BCUT2D eigenvalue weighted by Gasteiger charge is -2.32. The summed E-state index contributed by atoms with van der Waals surface area (Å²) in [5.41, 5.74) is 7.69. The number of fused-ring (bicyclic) bond motifs is 2. The Labute approximate surface area is 197 Å². The van der Waals surface area contributed by atoms with Crippen molar-refractivity contribution in [3.05, 3.63) is 76.6 Å². The van der Waals surface area contributed by atoms with Gasteiger partial charge >= 0.3 is 0 Å². The maximum Gasteiger partial charge on any atom is 0.131 e. The molecule has 1 saturated heterocycles. The fraction of sp³-hybridized carbons (Fsp3) is 0.286. The van der Waals surface area contributed by atoms with Crippen molar-refractivity contribution in [2.24, 2.45) is 0 Å². The van der Waals surface area contributed by atoms with E-state index in [9.17, 15) is 9.65 Å². The van der Waals surface area contributed by atoms with Gasteiger partial charge < -0.3 is 4.74 Å². The standard InChI is InChI=1S/C28H25FN4O/c1-17-3-2-4-25(29)27(17)23-15-24-26(14-21(23)16-30)31-32-28(24)19-6-5-18-12-22(13-20(18)11-19)33-7-9-34-10-8-33/h2-6,11,14-15,22H,7-10,12-13H2,1H3,(H,31,32). The number of aromatic nitrogens is 2. The van der Waals surface area contributed by atoms with E-state index in [0.29, 0.717) is 22.7 Å². The van der Waals surface area contributed by atoms with Gasteiger partial charge in [-0.25, -0.2) is 4.39 Å². The monoisotopic (exact) mass is 452 g/mol. The Balaban J connectivity index is 1.41. The highest BCUT2D eigenvalue weighted by atomic mass is 19.1. The van der Waals surface area contributed by atoms with E-state index < -0.39 is 0 Å². The minimum atomic E-state index is -0.326. The second kappa shape index (κ2) is 8.35. The SMILES string of the molecule is Cc1cccc(F)c1-c1cc2c(-c3ccc4c(c3)CC(N3CCOCC3)C4)n[nH]c2cc1C#N. The molecule has 1 N–H and O–H groups in total. The molecule has 0 amide bonds. The summed E-state index contributed by atoms with van der Waals surface area (Å²) in [6, 6.07) is 18.0. The summed E-state index contributed by atoms with van der Waals surface area (Å²) in [5.74, 6) is -0.326. The summed E-state index contributed by atoms with van der Waals surface area (Å²) in [6.07, 6.45) is 2.10. The molecule has 0 radical (unpaired) electrons. The number of ether oxygens (including phenoxy) is 1. The normalized spacial score (nSPS) is 18.2. The smallest absolute Gasteiger partial charge is 0.131 e. The minimum absolute atomic E-state index is 0.326. The van der Waals surface area contributed by atoms with E-state index in [1.54, 1.807) is 12.1 Å². The van der Waals surface area contributed by atoms with Crippen molar-refractivity contribution < 1.29 is 9.13 Å². The maximum atomic E-state index is 14.8. The number of nitrogens with one attached hydrogen (secondary N) is 1. The molecule has 1 aliphatic carbocycles. The van der Waals surface area contributed by atoms with Gasteiger partial charge in [-0.1, -0.05) is 24.3 Å². The fourth-order valence-electron chi connectivity index (χ4n) is 5.50. The Morgan fingerprint density at radius 2 is 1.91 bits per heavy atom. The molecule has 6 heteroatoms. The Kier molecular flexibility index (Phi) is 5.17. The highest BCUT2D eigenvalue weighted by Gasteiger charge is 2.28. The predicted octanol–water partition coefficient (Wildman–Crippen LogP) is 5.02. The molecular weight excluding hydrogens is 427 g/mol. The van der Waals surface area contributed by atoms with Gasteiger partial charge in [-0.05, 0) is 60.7 Å². The lowest BCUT2D eigenvalue weighted by molar-refractivity contribution is 0.0187. The van der Waals surface area contributed by atoms with Crippen LogP contribution in [0.15, 0.2) is 48.5 Å². The lowest BCUT2D eigenvalue weighted by atomic mass is 9.93. The molecule has 1 fully saturated rings. The molecule has 1 aliphatic heterocycles. The van der Waals surface area contributed by atoms with E-state index in [1.807, 2.05) is 19.1 Å². The predicted molar refractivity (Wildman–Crippen MR) is 130 cm³/mol. The highest BCUT2D eigenvalue weighted by Crippen LogP contribution is 2.37. The van der Waals surface area contributed by atoms with Gasteiger partial charge in [0.25, 0.3) is 0 Å². The number of aryl methyl sites for hydroxylation is 1. The Bertz CT molecular complexity index is 1420. The van der Waals surface area contributed by atoms with Gasteiger partial charge in [-0.3, -0.25) is 10.00 Å². The van der Waals surface area contributed by atoms with E-state index in [-0.39, 0.29) is 5.82 Å². The largest absolute Gasteiger partial charge is 0.379 e. The number of halogens is 1. The van der Waals surface area contributed by atoms with Gasteiger partial charge in [0.2, 0.25) is 0 Å². The average Bonchev–Trinajstić information content (AvgIpc) is 3.47. The number of hydrogen-bond donors (Lipinski definition) is 1. The molecule has 6 rings (SSSR count). The molecule has 2 aliphatic rings. The third-order valence-corrected chi connectivity index (χ3v) is 7.27.